The van der Waals surface area contributed by atoms with E-state index in [2.05, 4.69) is 34.6 Å². The summed E-state index contributed by atoms with van der Waals surface area (Å²) >= 11 is 0. The van der Waals surface area contributed by atoms with Gasteiger partial charge in [-0.05, 0) is 31.6 Å². The number of phosphoric ester groups is 2. The van der Waals surface area contributed by atoms with Gasteiger partial charge in [-0.15, -0.1) is 0 Å². The molecule has 0 rings (SSSR count). The number of rotatable bonds is 94. The van der Waals surface area contributed by atoms with Gasteiger partial charge in [0.2, 0.25) is 0 Å². The molecule has 3 N–H and O–H groups in total. The van der Waals surface area contributed by atoms with Crippen molar-refractivity contribution in [1.82, 2.24) is 0 Å². The molecule has 0 bridgehead atoms. The van der Waals surface area contributed by atoms with E-state index in [0.29, 0.717) is 25.7 Å². The Morgan fingerprint density at radius 2 is 0.407 bits per heavy atom. The van der Waals surface area contributed by atoms with Crippen molar-refractivity contribution < 1.29 is 80.2 Å². The topological polar surface area (TPSA) is 237 Å². The minimum absolute atomic E-state index is 0.109. The molecule has 0 heterocycles. The summed E-state index contributed by atoms with van der Waals surface area (Å²) in [6.45, 7) is 7.44. The zero-order valence-corrected chi connectivity index (χ0v) is 76.3. The largest absolute Gasteiger partial charge is 0.472 e. The Kier molecular flexibility index (Phi) is 85.0. The number of unbranched alkanes of at least 4 members (excludes halogenated alkanes) is 66. The van der Waals surface area contributed by atoms with Gasteiger partial charge in [0.25, 0.3) is 0 Å². The van der Waals surface area contributed by atoms with Gasteiger partial charge in [-0.1, -0.05) is 465 Å². The van der Waals surface area contributed by atoms with Gasteiger partial charge in [0, 0.05) is 25.7 Å². The van der Waals surface area contributed by atoms with Crippen LogP contribution in [0.2, 0.25) is 0 Å². The molecule has 0 saturated heterocycles. The minimum atomic E-state index is -4.97. The van der Waals surface area contributed by atoms with Gasteiger partial charge in [-0.3, -0.25) is 37.3 Å². The summed E-state index contributed by atoms with van der Waals surface area (Å²) < 4.78 is 69.2. The Bertz CT molecular complexity index is 2140. The van der Waals surface area contributed by atoms with E-state index in [-0.39, 0.29) is 25.7 Å². The van der Waals surface area contributed by atoms with Crippen molar-refractivity contribution in [3.63, 3.8) is 0 Å². The number of phosphoric acid groups is 2. The molecule has 0 saturated carbocycles. The Morgan fingerprint density at radius 1 is 0.239 bits per heavy atom. The second-order valence-corrected chi connectivity index (χ2v) is 37.1. The van der Waals surface area contributed by atoms with E-state index < -0.39 is 97.5 Å². The van der Waals surface area contributed by atoms with Crippen LogP contribution in [-0.2, 0) is 65.4 Å². The molecule has 0 radical (unpaired) electrons. The van der Waals surface area contributed by atoms with Crippen molar-refractivity contribution in [3.05, 3.63) is 0 Å². The first-order valence-corrected chi connectivity index (χ1v) is 51.6. The van der Waals surface area contributed by atoms with E-state index in [4.69, 9.17) is 37.0 Å². The van der Waals surface area contributed by atoms with E-state index in [1.165, 1.54) is 340 Å². The fraction of sp³-hybridized carbons (Fsp3) is 0.957. The normalized spacial score (nSPS) is 13.6. The molecule has 0 aromatic carbocycles. The van der Waals surface area contributed by atoms with Crippen LogP contribution in [0.4, 0.5) is 0 Å². The van der Waals surface area contributed by atoms with E-state index in [1.807, 2.05) is 0 Å². The molecule has 0 aliphatic carbocycles. The third-order valence-electron chi connectivity index (χ3n) is 22.3. The summed E-state index contributed by atoms with van der Waals surface area (Å²) in [6, 6.07) is 0. The summed E-state index contributed by atoms with van der Waals surface area (Å²) in [4.78, 5) is 73.5. The van der Waals surface area contributed by atoms with E-state index >= 15 is 0 Å². The second-order valence-electron chi connectivity index (χ2n) is 34.2. The van der Waals surface area contributed by atoms with Crippen molar-refractivity contribution >= 4 is 39.5 Å². The van der Waals surface area contributed by atoms with Crippen LogP contribution in [0.5, 0.6) is 0 Å². The zero-order chi connectivity index (χ0) is 82.6. The average Bonchev–Trinajstić information content (AvgIpc) is 0.895. The first-order chi connectivity index (χ1) is 55.0. The van der Waals surface area contributed by atoms with Crippen LogP contribution in [0.3, 0.4) is 0 Å². The van der Waals surface area contributed by atoms with Crippen molar-refractivity contribution in [2.75, 3.05) is 39.6 Å². The van der Waals surface area contributed by atoms with Gasteiger partial charge in [0.05, 0.1) is 26.4 Å². The van der Waals surface area contributed by atoms with Crippen molar-refractivity contribution in [1.29, 1.82) is 0 Å². The van der Waals surface area contributed by atoms with Crippen LogP contribution in [0.1, 0.15) is 516 Å². The third kappa shape index (κ3) is 87.7. The first kappa shape index (κ1) is 111. The lowest BCUT2D eigenvalue weighted by Gasteiger charge is -2.21. The van der Waals surface area contributed by atoms with Crippen LogP contribution in [0, 0.1) is 5.92 Å². The summed E-state index contributed by atoms with van der Waals surface area (Å²) in [5.74, 6) is -1.28. The monoisotopic (exact) mass is 1650 g/mol. The highest BCUT2D eigenvalue weighted by molar-refractivity contribution is 7.47. The molecular weight excluding hydrogens is 1460 g/mol. The zero-order valence-electron chi connectivity index (χ0n) is 74.5. The molecule has 5 atom stereocenters. The number of hydrogen-bond acceptors (Lipinski definition) is 15. The van der Waals surface area contributed by atoms with Crippen molar-refractivity contribution in [3.8, 4) is 0 Å². The van der Waals surface area contributed by atoms with Gasteiger partial charge in [-0.25, -0.2) is 9.13 Å². The minimum Gasteiger partial charge on any atom is -0.462 e. The van der Waals surface area contributed by atoms with Crippen molar-refractivity contribution in [2.24, 2.45) is 5.92 Å². The predicted octanol–water partition coefficient (Wildman–Crippen LogP) is 29.5. The number of ether oxygens (including phenoxy) is 4. The molecule has 0 aromatic heterocycles. The quantitative estimate of drug-likeness (QED) is 0.0222. The second kappa shape index (κ2) is 86.4. The Hall–Kier alpha value is -1.94. The molecule has 672 valence electrons. The summed E-state index contributed by atoms with van der Waals surface area (Å²) in [5.41, 5.74) is 0. The maximum atomic E-state index is 13.2. The van der Waals surface area contributed by atoms with Gasteiger partial charge in [-0.2, -0.15) is 0 Å². The molecule has 0 fully saturated rings. The summed E-state index contributed by atoms with van der Waals surface area (Å²) in [7, 11) is -9.94. The Morgan fingerprint density at radius 3 is 0.602 bits per heavy atom. The van der Waals surface area contributed by atoms with Crippen LogP contribution in [0.15, 0.2) is 0 Å². The highest BCUT2D eigenvalue weighted by Gasteiger charge is 2.31. The fourth-order valence-electron chi connectivity index (χ4n) is 14.9. The lowest BCUT2D eigenvalue weighted by atomic mass is 10.0. The van der Waals surface area contributed by atoms with E-state index in [9.17, 15) is 43.2 Å². The molecular formula is C94H184O17P2. The smallest absolute Gasteiger partial charge is 0.462 e. The number of aliphatic hydroxyl groups excluding tert-OH is 1. The molecule has 0 spiro atoms. The lowest BCUT2D eigenvalue weighted by Crippen LogP contribution is -2.30. The Balaban J connectivity index is 5.24. The van der Waals surface area contributed by atoms with Gasteiger partial charge >= 0.3 is 39.5 Å². The van der Waals surface area contributed by atoms with Crippen LogP contribution in [0.25, 0.3) is 0 Å². The molecule has 0 aromatic rings. The number of carbonyl (C=O) groups excluding carboxylic acids is 4. The third-order valence-corrected chi connectivity index (χ3v) is 24.2. The SMILES string of the molecule is CCCCCCCCCCCCCCCCCCCCCCCC(=O)OC[C@H](COP(=O)(O)OC[C@@H](O)COP(=O)(O)OC[C@@H](COC(=O)CCCCCCCCCCCCCC)OC(=O)CCCCCCCCCCCCCCCCCCC(C)C)OC(=O)CCCCCCCCCCCCCCCCCCCCCCC. The fourth-order valence-corrected chi connectivity index (χ4v) is 16.5. The van der Waals surface area contributed by atoms with Gasteiger partial charge in [0.15, 0.2) is 12.2 Å². The highest BCUT2D eigenvalue weighted by Crippen LogP contribution is 2.45. The van der Waals surface area contributed by atoms with E-state index in [0.717, 1.165) is 95.8 Å². The molecule has 0 aliphatic heterocycles. The number of carbonyl (C=O) groups is 4. The number of aliphatic hydroxyl groups is 1. The maximum absolute atomic E-state index is 13.2. The molecule has 113 heavy (non-hydrogen) atoms. The van der Waals surface area contributed by atoms with E-state index in [1.54, 1.807) is 0 Å². The molecule has 0 amide bonds. The standard InChI is InChI=1S/C94H184O17P2/c1-6-9-12-15-18-21-24-27-29-31-33-35-37-39-44-48-53-58-63-68-73-78-92(97)105-84-90(111-93(98)79-74-69-64-59-54-49-45-40-38-36-34-32-30-28-25-22-19-16-13-10-7-2)86-109-113(102,103)107-82-88(95)81-106-112(100,101)108-85-89(83-104-91(96)77-72-67-62-57-52-26-23-20-17-14-11-8-3)110-94(99)80-75-70-65-60-55-50-46-42-41-43-47-51-56-61-66-71-76-87(4)5/h87-90,95H,6-86H2,1-5H3,(H,100,101)(H,102,103)/t88-,89+,90+/m0/s1. The van der Waals surface area contributed by atoms with Crippen LogP contribution >= 0.6 is 15.6 Å². The average molecular weight is 1650 g/mol. The maximum Gasteiger partial charge on any atom is 0.472 e. The Labute approximate surface area is 696 Å². The lowest BCUT2D eigenvalue weighted by molar-refractivity contribution is -0.161. The summed E-state index contributed by atoms with van der Waals surface area (Å²) in [6.07, 6.45) is 83.5. The van der Waals surface area contributed by atoms with Gasteiger partial charge in [0.1, 0.15) is 19.3 Å². The first-order valence-electron chi connectivity index (χ1n) is 48.6. The van der Waals surface area contributed by atoms with Crippen LogP contribution in [-0.4, -0.2) is 96.7 Å². The van der Waals surface area contributed by atoms with Crippen LogP contribution < -0.4 is 0 Å². The van der Waals surface area contributed by atoms with Crippen molar-refractivity contribution in [2.45, 2.75) is 534 Å². The summed E-state index contributed by atoms with van der Waals surface area (Å²) in [5, 5.41) is 10.7. The number of esters is 4. The molecule has 0 aliphatic rings. The molecule has 2 unspecified atom stereocenters. The predicted molar refractivity (Wildman–Crippen MR) is 469 cm³/mol. The number of hydrogen-bond donors (Lipinski definition) is 3. The molecule has 17 nitrogen and oxygen atoms in total. The van der Waals surface area contributed by atoms with Gasteiger partial charge < -0.3 is 33.8 Å². The molecule has 19 heteroatoms. The highest BCUT2D eigenvalue weighted by atomic mass is 31.2.